The summed E-state index contributed by atoms with van der Waals surface area (Å²) in [4.78, 5) is 12.9. The molecule has 4 nitrogen and oxygen atoms in total. The zero-order valence-corrected chi connectivity index (χ0v) is 12.2. The number of amides is 2. The summed E-state index contributed by atoms with van der Waals surface area (Å²) in [5, 5.41) is 15.8. The Morgan fingerprint density at radius 1 is 1.47 bits per heavy atom. The second-order valence-corrected chi connectivity index (χ2v) is 5.83. The SMILES string of the molecule is CSc1ccc(Cl)cc1NC(=O)NC1CCCC1O. The molecule has 1 fully saturated rings. The molecule has 0 saturated heterocycles. The number of hydrogen-bond donors (Lipinski definition) is 3. The summed E-state index contributed by atoms with van der Waals surface area (Å²) in [5.41, 5.74) is 0.685. The van der Waals surface area contributed by atoms with E-state index in [1.807, 2.05) is 12.3 Å². The number of carbonyl (C=O) groups is 1. The number of benzene rings is 1. The van der Waals surface area contributed by atoms with Crippen LogP contribution in [0, 0.1) is 0 Å². The molecule has 3 N–H and O–H groups in total. The van der Waals surface area contributed by atoms with Crippen molar-refractivity contribution in [3.8, 4) is 0 Å². The minimum absolute atomic E-state index is 0.156. The Labute approximate surface area is 121 Å². The third kappa shape index (κ3) is 3.78. The average Bonchev–Trinajstić information content (AvgIpc) is 2.75. The largest absolute Gasteiger partial charge is 0.391 e. The molecule has 1 aliphatic rings. The molecule has 19 heavy (non-hydrogen) atoms. The summed E-state index contributed by atoms with van der Waals surface area (Å²) in [6, 6.07) is 4.92. The van der Waals surface area contributed by atoms with Crippen molar-refractivity contribution in [1.29, 1.82) is 0 Å². The number of urea groups is 1. The van der Waals surface area contributed by atoms with Crippen molar-refractivity contribution in [2.45, 2.75) is 36.3 Å². The van der Waals surface area contributed by atoms with Crippen LogP contribution in [0.3, 0.4) is 0 Å². The summed E-state index contributed by atoms with van der Waals surface area (Å²) in [6.07, 6.45) is 4.01. The molecule has 1 saturated carbocycles. The van der Waals surface area contributed by atoms with E-state index in [2.05, 4.69) is 10.6 Å². The molecule has 2 atom stereocenters. The van der Waals surface area contributed by atoms with Gasteiger partial charge >= 0.3 is 6.03 Å². The Kier molecular flexibility index (Phi) is 4.96. The van der Waals surface area contributed by atoms with Crippen molar-refractivity contribution in [1.82, 2.24) is 5.32 Å². The van der Waals surface area contributed by atoms with Crippen molar-refractivity contribution < 1.29 is 9.90 Å². The fourth-order valence-electron chi connectivity index (χ4n) is 2.21. The van der Waals surface area contributed by atoms with Crippen molar-refractivity contribution in [2.24, 2.45) is 0 Å². The number of aliphatic hydroxyl groups excluding tert-OH is 1. The van der Waals surface area contributed by atoms with Gasteiger partial charge in [-0.15, -0.1) is 11.8 Å². The predicted molar refractivity (Wildman–Crippen MR) is 79.0 cm³/mol. The van der Waals surface area contributed by atoms with E-state index in [4.69, 9.17) is 11.6 Å². The fraction of sp³-hybridized carbons (Fsp3) is 0.462. The lowest BCUT2D eigenvalue weighted by atomic mass is 10.2. The Morgan fingerprint density at radius 3 is 2.89 bits per heavy atom. The highest BCUT2D eigenvalue weighted by Gasteiger charge is 2.26. The van der Waals surface area contributed by atoms with Gasteiger partial charge in [0.15, 0.2) is 0 Å². The van der Waals surface area contributed by atoms with Gasteiger partial charge in [-0.25, -0.2) is 4.79 Å². The molecular weight excluding hydrogens is 284 g/mol. The average molecular weight is 301 g/mol. The number of hydrogen-bond acceptors (Lipinski definition) is 3. The molecule has 0 aromatic heterocycles. The van der Waals surface area contributed by atoms with Crippen LogP contribution in [0.2, 0.25) is 5.02 Å². The number of aliphatic hydroxyl groups is 1. The van der Waals surface area contributed by atoms with Crippen LogP contribution < -0.4 is 10.6 Å². The molecule has 1 aromatic rings. The van der Waals surface area contributed by atoms with E-state index >= 15 is 0 Å². The Bertz CT molecular complexity index is 470. The van der Waals surface area contributed by atoms with Gasteiger partial charge in [0, 0.05) is 9.92 Å². The van der Waals surface area contributed by atoms with Gasteiger partial charge in [-0.2, -0.15) is 0 Å². The van der Waals surface area contributed by atoms with Gasteiger partial charge < -0.3 is 15.7 Å². The molecule has 0 aliphatic heterocycles. The van der Waals surface area contributed by atoms with Gasteiger partial charge in [0.2, 0.25) is 0 Å². The van der Waals surface area contributed by atoms with E-state index in [-0.39, 0.29) is 12.1 Å². The first kappa shape index (κ1) is 14.5. The molecule has 0 radical (unpaired) electrons. The number of carbonyl (C=O) groups excluding carboxylic acids is 1. The Balaban J connectivity index is 2.00. The van der Waals surface area contributed by atoms with Gasteiger partial charge in [-0.1, -0.05) is 11.6 Å². The maximum Gasteiger partial charge on any atom is 0.319 e. The maximum absolute atomic E-state index is 11.9. The zero-order chi connectivity index (χ0) is 13.8. The van der Waals surface area contributed by atoms with E-state index in [9.17, 15) is 9.90 Å². The lowest BCUT2D eigenvalue weighted by Gasteiger charge is -2.17. The molecule has 2 amide bonds. The number of thioether (sulfide) groups is 1. The molecule has 0 heterocycles. The van der Waals surface area contributed by atoms with Gasteiger partial charge in [0.25, 0.3) is 0 Å². The van der Waals surface area contributed by atoms with E-state index in [0.29, 0.717) is 10.7 Å². The van der Waals surface area contributed by atoms with E-state index in [0.717, 1.165) is 24.2 Å². The highest BCUT2D eigenvalue weighted by molar-refractivity contribution is 7.98. The summed E-state index contributed by atoms with van der Waals surface area (Å²) in [7, 11) is 0. The molecule has 2 unspecified atom stereocenters. The van der Waals surface area contributed by atoms with Crippen LogP contribution in [-0.4, -0.2) is 29.5 Å². The van der Waals surface area contributed by atoms with Crippen LogP contribution in [0.5, 0.6) is 0 Å². The molecule has 6 heteroatoms. The van der Waals surface area contributed by atoms with Crippen LogP contribution in [0.4, 0.5) is 10.5 Å². The lowest BCUT2D eigenvalue weighted by molar-refractivity contribution is 0.151. The normalized spacial score (nSPS) is 22.3. The van der Waals surface area contributed by atoms with Crippen LogP contribution in [0.25, 0.3) is 0 Å². The number of rotatable bonds is 3. The first-order valence-corrected chi connectivity index (χ1v) is 7.79. The van der Waals surface area contributed by atoms with E-state index in [1.165, 1.54) is 11.8 Å². The monoisotopic (exact) mass is 300 g/mol. The summed E-state index contributed by atoms with van der Waals surface area (Å²) < 4.78 is 0. The van der Waals surface area contributed by atoms with Crippen molar-refractivity contribution in [2.75, 3.05) is 11.6 Å². The zero-order valence-electron chi connectivity index (χ0n) is 10.6. The third-order valence-corrected chi connectivity index (χ3v) is 4.24. The second-order valence-electron chi connectivity index (χ2n) is 4.55. The first-order valence-electron chi connectivity index (χ1n) is 6.19. The lowest BCUT2D eigenvalue weighted by Crippen LogP contribution is -2.42. The van der Waals surface area contributed by atoms with E-state index < -0.39 is 6.10 Å². The second kappa shape index (κ2) is 6.50. The number of halogens is 1. The first-order chi connectivity index (χ1) is 9.10. The number of nitrogens with one attached hydrogen (secondary N) is 2. The molecule has 0 bridgehead atoms. The quantitative estimate of drug-likeness (QED) is 0.752. The Morgan fingerprint density at radius 2 is 2.26 bits per heavy atom. The summed E-state index contributed by atoms with van der Waals surface area (Å²) >= 11 is 7.47. The highest BCUT2D eigenvalue weighted by atomic mass is 35.5. The molecule has 0 spiro atoms. The minimum atomic E-state index is -0.440. The fourth-order valence-corrected chi connectivity index (χ4v) is 2.92. The van der Waals surface area contributed by atoms with Crippen LogP contribution in [0.15, 0.2) is 23.1 Å². The molecule has 1 aliphatic carbocycles. The Hall–Kier alpha value is -0.910. The van der Waals surface area contributed by atoms with Gasteiger partial charge in [-0.3, -0.25) is 0 Å². The van der Waals surface area contributed by atoms with E-state index in [1.54, 1.807) is 12.1 Å². The molecular formula is C13H17ClN2O2S. The van der Waals surface area contributed by atoms with Crippen LogP contribution in [0.1, 0.15) is 19.3 Å². The molecule has 2 rings (SSSR count). The predicted octanol–water partition coefficient (Wildman–Crippen LogP) is 3.10. The third-order valence-electron chi connectivity index (χ3n) is 3.21. The molecule has 104 valence electrons. The smallest absolute Gasteiger partial charge is 0.319 e. The van der Waals surface area contributed by atoms with Crippen LogP contribution in [-0.2, 0) is 0 Å². The van der Waals surface area contributed by atoms with Crippen LogP contribution >= 0.6 is 23.4 Å². The summed E-state index contributed by atoms with van der Waals surface area (Å²) in [6.45, 7) is 0. The topological polar surface area (TPSA) is 61.4 Å². The number of anilines is 1. The van der Waals surface area contributed by atoms with Gasteiger partial charge in [0.05, 0.1) is 17.8 Å². The van der Waals surface area contributed by atoms with Crippen molar-refractivity contribution >= 4 is 35.1 Å². The minimum Gasteiger partial charge on any atom is -0.391 e. The highest BCUT2D eigenvalue weighted by Crippen LogP contribution is 2.28. The summed E-state index contributed by atoms with van der Waals surface area (Å²) in [5.74, 6) is 0. The van der Waals surface area contributed by atoms with Gasteiger partial charge in [0.1, 0.15) is 0 Å². The van der Waals surface area contributed by atoms with Crippen molar-refractivity contribution in [3.05, 3.63) is 23.2 Å². The maximum atomic E-state index is 11.9. The molecule has 1 aromatic carbocycles. The van der Waals surface area contributed by atoms with Crippen molar-refractivity contribution in [3.63, 3.8) is 0 Å². The standard InChI is InChI=1S/C13H17ClN2O2S/c1-19-12-6-5-8(14)7-10(12)16-13(18)15-9-3-2-4-11(9)17/h5-7,9,11,17H,2-4H2,1H3,(H2,15,16,18). The van der Waals surface area contributed by atoms with Gasteiger partial charge in [-0.05, 0) is 43.7 Å².